The maximum absolute atomic E-state index is 13.2. The van der Waals surface area contributed by atoms with Gasteiger partial charge in [0.1, 0.15) is 17.8 Å². The third-order valence-corrected chi connectivity index (χ3v) is 6.79. The maximum atomic E-state index is 13.2. The van der Waals surface area contributed by atoms with Gasteiger partial charge in [0.05, 0.1) is 18.0 Å². The predicted octanol–water partition coefficient (Wildman–Crippen LogP) is 4.37. The zero-order valence-corrected chi connectivity index (χ0v) is 22.4. The number of nitrogens with two attached hydrogens (primary N) is 1. The van der Waals surface area contributed by atoms with Gasteiger partial charge in [0.2, 0.25) is 5.70 Å². The van der Waals surface area contributed by atoms with Crippen molar-refractivity contribution in [3.8, 4) is 11.3 Å². The van der Waals surface area contributed by atoms with Crippen LogP contribution in [0.15, 0.2) is 42.4 Å². The number of nitrogens with zero attached hydrogens (tertiary/aromatic N) is 6. The highest BCUT2D eigenvalue weighted by Crippen LogP contribution is 2.34. The van der Waals surface area contributed by atoms with E-state index < -0.39 is 0 Å². The van der Waals surface area contributed by atoms with Crippen LogP contribution in [0.25, 0.3) is 27.1 Å². The molecule has 1 aromatic carbocycles. The summed E-state index contributed by atoms with van der Waals surface area (Å²) in [5, 5.41) is 11.3. The Morgan fingerprint density at radius 2 is 1.90 bits per heavy atom. The van der Waals surface area contributed by atoms with Crippen molar-refractivity contribution in [1.29, 1.82) is 0 Å². The van der Waals surface area contributed by atoms with Crippen LogP contribution in [0.5, 0.6) is 0 Å². The Hall–Kier alpha value is -4.46. The Kier molecular flexibility index (Phi) is 6.95. The monoisotopic (exact) mass is 527 g/mol. The number of likely N-dealkylation sites (tertiary alicyclic amines) is 1. The van der Waals surface area contributed by atoms with Crippen LogP contribution in [-0.4, -0.2) is 55.7 Å². The maximum Gasteiger partial charge on any atom is 0.319 e. The average Bonchev–Trinajstić information content (AvgIpc) is 3.63. The van der Waals surface area contributed by atoms with Crippen LogP contribution in [-0.2, 0) is 4.79 Å². The lowest BCUT2D eigenvalue weighted by molar-refractivity contribution is -0.128. The highest BCUT2D eigenvalue weighted by molar-refractivity contribution is 5.99. The molecule has 0 radical (unpaired) electrons. The van der Waals surface area contributed by atoms with Crippen molar-refractivity contribution in [2.24, 2.45) is 5.41 Å². The number of nitrogens with one attached hydrogen (secondary N) is 2. The first-order valence-corrected chi connectivity index (χ1v) is 13.2. The number of rotatable bonds is 5. The largest absolute Gasteiger partial charge is 0.383 e. The molecule has 11 heteroatoms. The van der Waals surface area contributed by atoms with Gasteiger partial charge in [-0.3, -0.25) is 4.79 Å². The molecule has 0 spiro atoms. The number of amides is 3. The van der Waals surface area contributed by atoms with Crippen LogP contribution in [0.2, 0.25) is 0 Å². The fourth-order valence-corrected chi connectivity index (χ4v) is 4.80. The molecule has 202 valence electrons. The third kappa shape index (κ3) is 5.85. The Morgan fingerprint density at radius 1 is 1.15 bits per heavy atom. The predicted molar refractivity (Wildman–Crippen MR) is 149 cm³/mol. The number of aromatic nitrogens is 4. The molecule has 3 amide bonds. The van der Waals surface area contributed by atoms with Crippen LogP contribution in [0.3, 0.4) is 0 Å². The van der Waals surface area contributed by atoms with Crippen LogP contribution >= 0.6 is 0 Å². The van der Waals surface area contributed by atoms with Gasteiger partial charge in [0.25, 0.3) is 5.91 Å². The number of urea groups is 1. The number of carbonyl (C=O) groups is 2. The van der Waals surface area contributed by atoms with E-state index in [1.807, 2.05) is 49.7 Å². The number of allylic oxidation sites excluding steroid dienone is 1. The number of nitrogen functional groups attached to an aromatic ring is 1. The summed E-state index contributed by atoms with van der Waals surface area (Å²) >= 11 is 0. The summed E-state index contributed by atoms with van der Waals surface area (Å²) in [7, 11) is 0. The summed E-state index contributed by atoms with van der Waals surface area (Å²) in [6.45, 7) is 14.5. The van der Waals surface area contributed by atoms with Crippen molar-refractivity contribution >= 4 is 34.5 Å². The summed E-state index contributed by atoms with van der Waals surface area (Å²) in [4.78, 5) is 39.3. The van der Waals surface area contributed by atoms with E-state index in [0.29, 0.717) is 41.3 Å². The van der Waals surface area contributed by atoms with Crippen molar-refractivity contribution < 1.29 is 9.59 Å². The lowest BCUT2D eigenvalue weighted by atomic mass is 9.95. The van der Waals surface area contributed by atoms with E-state index in [4.69, 9.17) is 17.4 Å². The second-order valence-corrected chi connectivity index (χ2v) is 11.3. The molecule has 1 aliphatic carbocycles. The first-order chi connectivity index (χ1) is 18.6. The first-order valence-electron chi connectivity index (χ1n) is 13.2. The second-order valence-electron chi connectivity index (χ2n) is 11.3. The molecule has 11 nitrogen and oxygen atoms in total. The van der Waals surface area contributed by atoms with Gasteiger partial charge in [0.15, 0.2) is 5.65 Å². The number of anilines is 2. The van der Waals surface area contributed by atoms with E-state index in [2.05, 4.69) is 25.4 Å². The lowest BCUT2D eigenvalue weighted by Crippen LogP contribution is -2.41. The minimum Gasteiger partial charge on any atom is -0.383 e. The Balaban J connectivity index is 1.42. The molecule has 4 N–H and O–H groups in total. The standard InChI is InChI=1S/C28H33N9O2/c1-28(2,3)14-21(30-4)26(38)36-13-5-6-20(15-36)37-25-22(24(29)31-16-32-25)23(35-37)17-7-9-18(10-8-17)33-27(39)34-19-11-12-19/h7-10,14,16,19-20H,5-6,11-13,15H2,1-3H3,(H2,29,31,32)(H2,33,34,39)/b21-14-/t20-/m1/s1. The molecule has 2 fully saturated rings. The SMILES string of the molecule is [C-]#[N+]/C(=C\C(C)(C)C)C(=O)N1CCC[C@@H](n2nc(-c3ccc(NC(=O)NC4CC4)cc3)c3c(N)ncnc32)C1. The van der Waals surface area contributed by atoms with Gasteiger partial charge in [-0.05, 0) is 43.2 Å². The van der Waals surface area contributed by atoms with Crippen LogP contribution < -0.4 is 16.4 Å². The number of hydrogen-bond donors (Lipinski definition) is 3. The molecule has 3 heterocycles. The van der Waals surface area contributed by atoms with Crippen LogP contribution in [0.1, 0.15) is 52.5 Å². The number of hydrogen-bond acceptors (Lipinski definition) is 6. The normalized spacial score (nSPS) is 18.1. The fraction of sp³-hybridized carbons (Fsp3) is 0.429. The highest BCUT2D eigenvalue weighted by Gasteiger charge is 2.30. The molecule has 1 atom stereocenters. The van der Waals surface area contributed by atoms with Gasteiger partial charge < -0.3 is 21.3 Å². The van der Waals surface area contributed by atoms with E-state index in [9.17, 15) is 9.59 Å². The molecule has 0 bridgehead atoms. The second kappa shape index (κ2) is 10.4. The van der Waals surface area contributed by atoms with Crippen LogP contribution in [0.4, 0.5) is 16.3 Å². The molecule has 3 aromatic rings. The van der Waals surface area contributed by atoms with E-state index in [1.165, 1.54) is 6.33 Å². The molecular formula is C28H33N9O2. The van der Waals surface area contributed by atoms with Crippen molar-refractivity contribution in [2.75, 3.05) is 24.1 Å². The number of piperidine rings is 1. The summed E-state index contributed by atoms with van der Waals surface area (Å²) < 4.78 is 1.84. The molecule has 2 aliphatic rings. The summed E-state index contributed by atoms with van der Waals surface area (Å²) in [6.07, 6.45) is 6.77. The fourth-order valence-electron chi connectivity index (χ4n) is 4.80. The minimum atomic E-state index is -0.279. The zero-order chi connectivity index (χ0) is 27.7. The minimum absolute atomic E-state index is 0.137. The van der Waals surface area contributed by atoms with Gasteiger partial charge in [0, 0.05) is 30.4 Å². The molecule has 1 saturated heterocycles. The summed E-state index contributed by atoms with van der Waals surface area (Å²) in [6, 6.07) is 7.32. The third-order valence-electron chi connectivity index (χ3n) is 6.79. The summed E-state index contributed by atoms with van der Waals surface area (Å²) in [5.41, 5.74) is 8.87. The molecule has 2 aromatic heterocycles. The molecule has 1 aliphatic heterocycles. The zero-order valence-electron chi connectivity index (χ0n) is 22.4. The quantitative estimate of drug-likeness (QED) is 0.333. The Bertz CT molecular complexity index is 1470. The number of fused-ring (bicyclic) bond motifs is 1. The van der Waals surface area contributed by atoms with Crippen molar-refractivity contribution in [3.05, 3.63) is 53.8 Å². The Labute approximate surface area is 227 Å². The molecule has 39 heavy (non-hydrogen) atoms. The number of benzene rings is 1. The Morgan fingerprint density at radius 3 is 2.56 bits per heavy atom. The van der Waals surface area contributed by atoms with E-state index in [1.54, 1.807) is 11.0 Å². The molecule has 0 unspecified atom stereocenters. The van der Waals surface area contributed by atoms with Gasteiger partial charge in [-0.15, -0.1) is 0 Å². The molecular weight excluding hydrogens is 494 g/mol. The summed E-state index contributed by atoms with van der Waals surface area (Å²) in [5.74, 6) is 0.0590. The smallest absolute Gasteiger partial charge is 0.319 e. The average molecular weight is 528 g/mol. The molecule has 5 rings (SSSR count). The first kappa shape index (κ1) is 26.2. The molecule has 1 saturated carbocycles. The van der Waals surface area contributed by atoms with E-state index >= 15 is 0 Å². The van der Waals surface area contributed by atoms with Gasteiger partial charge in [-0.25, -0.2) is 24.3 Å². The van der Waals surface area contributed by atoms with Gasteiger partial charge in [-0.2, -0.15) is 5.10 Å². The van der Waals surface area contributed by atoms with Crippen molar-refractivity contribution in [1.82, 2.24) is 30.0 Å². The highest BCUT2D eigenvalue weighted by atomic mass is 16.2. The van der Waals surface area contributed by atoms with Gasteiger partial charge in [-0.1, -0.05) is 39.0 Å². The van der Waals surface area contributed by atoms with Gasteiger partial charge >= 0.3 is 6.03 Å². The van der Waals surface area contributed by atoms with Crippen molar-refractivity contribution in [3.63, 3.8) is 0 Å². The van der Waals surface area contributed by atoms with E-state index in [0.717, 1.165) is 31.2 Å². The van der Waals surface area contributed by atoms with Crippen molar-refractivity contribution in [2.45, 2.75) is 58.5 Å². The topological polar surface area (TPSA) is 135 Å². The lowest BCUT2D eigenvalue weighted by Gasteiger charge is -2.33. The van der Waals surface area contributed by atoms with E-state index in [-0.39, 0.29) is 35.1 Å². The number of carbonyl (C=O) groups excluding carboxylic acids is 2. The van der Waals surface area contributed by atoms with Crippen LogP contribution in [0, 0.1) is 12.0 Å².